The zero-order valence-corrected chi connectivity index (χ0v) is 8.75. The number of carboxylic acids is 1. The molecule has 1 atom stereocenters. The van der Waals surface area contributed by atoms with Crippen molar-refractivity contribution in [3.8, 4) is 0 Å². The van der Waals surface area contributed by atoms with E-state index in [4.69, 9.17) is 5.11 Å². The molecule has 1 unspecified atom stereocenters. The third kappa shape index (κ3) is 1.37. The van der Waals surface area contributed by atoms with Gasteiger partial charge in [-0.2, -0.15) is 0 Å². The van der Waals surface area contributed by atoms with Gasteiger partial charge in [0, 0.05) is 0 Å². The number of hydrogen-bond donors (Lipinski definition) is 2. The van der Waals surface area contributed by atoms with Crippen LogP contribution in [0, 0.1) is 0 Å². The maximum Gasteiger partial charge on any atom is 0.327 e. The van der Waals surface area contributed by atoms with Gasteiger partial charge in [0.2, 0.25) is 11.9 Å². The van der Waals surface area contributed by atoms with Crippen molar-refractivity contribution in [2.24, 2.45) is 0 Å². The van der Waals surface area contributed by atoms with Crippen molar-refractivity contribution < 1.29 is 14.7 Å². The Morgan fingerprint density at radius 1 is 1.47 bits per heavy atom. The first-order chi connectivity index (χ1) is 8.16. The molecule has 17 heavy (non-hydrogen) atoms. The number of aliphatic carboxylic acids is 1. The summed E-state index contributed by atoms with van der Waals surface area (Å²) in [5.41, 5.74) is 1.39. The van der Waals surface area contributed by atoms with Gasteiger partial charge in [-0.15, -0.1) is 0 Å². The number of carboxylic acid groups (broad SMARTS) is 1. The van der Waals surface area contributed by atoms with Crippen LogP contribution in [0.2, 0.25) is 0 Å². The fraction of sp³-hybridized carbons (Fsp3) is 0.182. The molecule has 6 heteroatoms. The number of aromatic nitrogens is 2. The molecular weight excluding hydrogens is 222 g/mol. The summed E-state index contributed by atoms with van der Waals surface area (Å²) in [5.74, 6) is -1.04. The molecule has 0 radical (unpaired) electrons. The number of carbonyl (C=O) groups excluding carboxylic acids is 1. The lowest BCUT2D eigenvalue weighted by Gasteiger charge is -2.22. The Morgan fingerprint density at radius 2 is 2.24 bits per heavy atom. The molecule has 6 nitrogen and oxygen atoms in total. The van der Waals surface area contributed by atoms with Crippen molar-refractivity contribution in [3.05, 3.63) is 24.3 Å². The molecule has 0 saturated carbocycles. The highest BCUT2D eigenvalue weighted by molar-refractivity contribution is 5.97. The number of para-hydroxylation sites is 2. The van der Waals surface area contributed by atoms with E-state index in [2.05, 4.69) is 10.3 Å². The predicted molar refractivity (Wildman–Crippen MR) is 59.7 cm³/mol. The quantitative estimate of drug-likeness (QED) is 0.766. The minimum atomic E-state index is -1.02. The van der Waals surface area contributed by atoms with E-state index in [1.807, 2.05) is 12.1 Å². The van der Waals surface area contributed by atoms with Gasteiger partial charge in [0.1, 0.15) is 6.04 Å². The van der Waals surface area contributed by atoms with Gasteiger partial charge >= 0.3 is 5.97 Å². The van der Waals surface area contributed by atoms with E-state index < -0.39 is 12.0 Å². The van der Waals surface area contributed by atoms with E-state index in [1.54, 1.807) is 16.7 Å². The molecule has 86 valence electrons. The Hall–Kier alpha value is -2.37. The van der Waals surface area contributed by atoms with E-state index in [9.17, 15) is 9.59 Å². The number of fused-ring (bicyclic) bond motifs is 3. The monoisotopic (exact) mass is 231 g/mol. The summed E-state index contributed by atoms with van der Waals surface area (Å²) < 4.78 is 1.55. The number of imidazole rings is 1. The number of nitrogens with one attached hydrogen (secondary N) is 1. The highest BCUT2D eigenvalue weighted by Gasteiger charge is 2.32. The molecule has 1 aromatic carbocycles. The third-order valence-corrected chi connectivity index (χ3v) is 2.82. The van der Waals surface area contributed by atoms with Crippen LogP contribution in [0.15, 0.2) is 24.3 Å². The fourth-order valence-electron chi connectivity index (χ4n) is 2.09. The zero-order chi connectivity index (χ0) is 12.0. The van der Waals surface area contributed by atoms with E-state index in [0.29, 0.717) is 11.5 Å². The fourth-order valence-corrected chi connectivity index (χ4v) is 2.09. The molecular formula is C11H9N3O3. The molecule has 0 aliphatic carbocycles. The van der Waals surface area contributed by atoms with Gasteiger partial charge in [0.15, 0.2) is 0 Å². The zero-order valence-electron chi connectivity index (χ0n) is 8.75. The topological polar surface area (TPSA) is 84.2 Å². The molecule has 0 fully saturated rings. The van der Waals surface area contributed by atoms with Gasteiger partial charge < -0.3 is 5.11 Å². The Bertz CT molecular complexity index is 632. The molecule has 3 rings (SSSR count). The second-order valence-electron chi connectivity index (χ2n) is 3.90. The van der Waals surface area contributed by atoms with Gasteiger partial charge in [-0.25, -0.2) is 9.78 Å². The van der Waals surface area contributed by atoms with Crippen LogP contribution in [0.4, 0.5) is 5.95 Å². The number of carbonyl (C=O) groups is 2. The molecule has 0 bridgehead atoms. The lowest BCUT2D eigenvalue weighted by atomic mass is 10.1. The van der Waals surface area contributed by atoms with Gasteiger partial charge in [-0.1, -0.05) is 12.1 Å². The average Bonchev–Trinajstić information content (AvgIpc) is 2.65. The summed E-state index contributed by atoms with van der Waals surface area (Å²) in [5, 5.41) is 11.7. The molecule has 1 aliphatic heterocycles. The third-order valence-electron chi connectivity index (χ3n) is 2.82. The molecule has 0 spiro atoms. The summed E-state index contributed by atoms with van der Waals surface area (Å²) in [6.07, 6.45) is -0.0668. The maximum atomic E-state index is 11.4. The molecule has 2 heterocycles. The molecule has 1 aromatic heterocycles. The first-order valence-electron chi connectivity index (χ1n) is 5.16. The molecule has 2 aromatic rings. The van der Waals surface area contributed by atoms with Gasteiger partial charge in [0.25, 0.3) is 0 Å². The van der Waals surface area contributed by atoms with Crippen LogP contribution in [-0.2, 0) is 9.59 Å². The van der Waals surface area contributed by atoms with Crippen LogP contribution in [-0.4, -0.2) is 26.5 Å². The number of hydrogen-bond acceptors (Lipinski definition) is 3. The van der Waals surface area contributed by atoms with Crippen LogP contribution in [0.5, 0.6) is 0 Å². The summed E-state index contributed by atoms with van der Waals surface area (Å²) in [6, 6.07) is 6.32. The minimum Gasteiger partial charge on any atom is -0.480 e. The van der Waals surface area contributed by atoms with E-state index in [0.717, 1.165) is 5.52 Å². The highest BCUT2D eigenvalue weighted by Crippen LogP contribution is 2.30. The summed E-state index contributed by atoms with van der Waals surface area (Å²) in [4.78, 5) is 26.8. The van der Waals surface area contributed by atoms with E-state index >= 15 is 0 Å². The largest absolute Gasteiger partial charge is 0.480 e. The van der Waals surface area contributed by atoms with Gasteiger partial charge in [-0.05, 0) is 12.1 Å². The Labute approximate surface area is 95.9 Å². The van der Waals surface area contributed by atoms with Crippen LogP contribution in [0.1, 0.15) is 12.5 Å². The smallest absolute Gasteiger partial charge is 0.327 e. The van der Waals surface area contributed by atoms with Crippen LogP contribution in [0.3, 0.4) is 0 Å². The number of rotatable bonds is 1. The second kappa shape index (κ2) is 3.31. The Kier molecular flexibility index (Phi) is 1.91. The molecule has 1 amide bonds. The number of benzene rings is 1. The van der Waals surface area contributed by atoms with Crippen LogP contribution < -0.4 is 5.32 Å². The van der Waals surface area contributed by atoms with Crippen molar-refractivity contribution in [2.75, 3.05) is 5.32 Å². The maximum absolute atomic E-state index is 11.4. The summed E-state index contributed by atoms with van der Waals surface area (Å²) in [6.45, 7) is 0. The average molecular weight is 231 g/mol. The first kappa shape index (κ1) is 9.83. The normalized spacial score (nSPS) is 18.8. The predicted octanol–water partition coefficient (Wildman–Crippen LogP) is 1.00. The summed E-state index contributed by atoms with van der Waals surface area (Å²) >= 11 is 0. The van der Waals surface area contributed by atoms with Gasteiger partial charge in [-0.3, -0.25) is 14.7 Å². The second-order valence-corrected chi connectivity index (χ2v) is 3.90. The van der Waals surface area contributed by atoms with Crippen LogP contribution in [0.25, 0.3) is 11.0 Å². The highest BCUT2D eigenvalue weighted by atomic mass is 16.4. The molecule has 1 aliphatic rings. The lowest BCUT2D eigenvalue weighted by Crippen LogP contribution is -2.32. The summed E-state index contributed by atoms with van der Waals surface area (Å²) in [7, 11) is 0. The first-order valence-corrected chi connectivity index (χ1v) is 5.16. The van der Waals surface area contributed by atoms with Crippen LogP contribution >= 0.6 is 0 Å². The minimum absolute atomic E-state index is 0.0668. The molecule has 2 N–H and O–H groups in total. The number of nitrogens with zero attached hydrogens (tertiary/aromatic N) is 2. The Balaban J connectivity index is 2.29. The SMILES string of the molecule is O=C1CC(C(=O)O)n2c(nc3ccccc32)N1. The number of amides is 1. The van der Waals surface area contributed by atoms with Crippen molar-refractivity contribution in [1.82, 2.24) is 9.55 Å². The van der Waals surface area contributed by atoms with E-state index in [-0.39, 0.29) is 12.3 Å². The van der Waals surface area contributed by atoms with Crippen molar-refractivity contribution in [2.45, 2.75) is 12.5 Å². The lowest BCUT2D eigenvalue weighted by molar-refractivity contribution is -0.142. The van der Waals surface area contributed by atoms with E-state index in [1.165, 1.54) is 0 Å². The molecule has 0 saturated heterocycles. The van der Waals surface area contributed by atoms with Gasteiger partial charge in [0.05, 0.1) is 17.5 Å². The Morgan fingerprint density at radius 3 is 3.00 bits per heavy atom. The van der Waals surface area contributed by atoms with Crippen molar-refractivity contribution in [1.29, 1.82) is 0 Å². The number of anilines is 1. The van der Waals surface area contributed by atoms with Crippen molar-refractivity contribution >= 4 is 28.9 Å². The van der Waals surface area contributed by atoms with Crippen molar-refractivity contribution in [3.63, 3.8) is 0 Å². The standard InChI is InChI=1S/C11H9N3O3/c15-9-5-8(10(16)17)14-7-4-2-1-3-6(7)12-11(14)13-9/h1-4,8H,5H2,(H,16,17)(H,12,13,15).